The number of hydrogen-bond acceptors (Lipinski definition) is 4. The van der Waals surface area contributed by atoms with Gasteiger partial charge in [0, 0.05) is 13.0 Å². The van der Waals surface area contributed by atoms with Crippen LogP contribution in [-0.2, 0) is 20.2 Å². The molecule has 0 aliphatic rings. The first kappa shape index (κ1) is 25.7. The van der Waals surface area contributed by atoms with Crippen LogP contribution in [0.3, 0.4) is 0 Å². The highest BCUT2D eigenvalue weighted by Crippen LogP contribution is 2.30. The number of rotatable bonds is 10. The summed E-state index contributed by atoms with van der Waals surface area (Å²) < 4.78 is 31.9. The van der Waals surface area contributed by atoms with Gasteiger partial charge in [0.05, 0.1) is 18.5 Å². The maximum absolute atomic E-state index is 12.3. The fraction of sp³-hybridized carbons (Fsp3) is 0.480. The Balaban J connectivity index is 1.84. The van der Waals surface area contributed by atoms with Gasteiger partial charge < -0.3 is 10.1 Å². The largest absolute Gasteiger partial charge is 0.491 e. The Bertz CT molecular complexity index is 1030. The normalized spacial score (nSPS) is 11.8. The van der Waals surface area contributed by atoms with Crippen LogP contribution in [0.5, 0.6) is 5.75 Å². The van der Waals surface area contributed by atoms with Gasteiger partial charge in [-0.1, -0.05) is 51.1 Å². The second-order valence-corrected chi connectivity index (χ2v) is 11.1. The molecule has 32 heavy (non-hydrogen) atoms. The summed E-state index contributed by atoms with van der Waals surface area (Å²) in [6, 6.07) is 13.7. The smallest absolute Gasteiger partial charge is 0.232 e. The van der Waals surface area contributed by atoms with Crippen molar-refractivity contribution in [1.29, 1.82) is 0 Å². The summed E-state index contributed by atoms with van der Waals surface area (Å²) in [5.41, 5.74) is 3.64. The quantitative estimate of drug-likeness (QED) is 0.535. The standard InChI is InChI=1S/C25H36N2O4S/c1-19-13-14-20(2)22(18-19)27(32(6,29)30)16-9-12-24(28)26-15-17-31-23-11-8-7-10-21(23)25(3,4)5/h7-8,10-11,13-14,18H,9,12,15-17H2,1-6H3,(H,26,28). The molecule has 2 aromatic rings. The molecule has 0 atom stereocenters. The van der Waals surface area contributed by atoms with E-state index in [1.807, 2.05) is 50.2 Å². The van der Waals surface area contributed by atoms with E-state index in [0.717, 1.165) is 22.4 Å². The second kappa shape index (κ2) is 10.9. The lowest BCUT2D eigenvalue weighted by molar-refractivity contribution is -0.121. The number of ether oxygens (including phenoxy) is 1. The highest BCUT2D eigenvalue weighted by Gasteiger charge is 2.20. The molecule has 0 bridgehead atoms. The van der Waals surface area contributed by atoms with Crippen LogP contribution in [0, 0.1) is 13.8 Å². The van der Waals surface area contributed by atoms with E-state index >= 15 is 0 Å². The van der Waals surface area contributed by atoms with Crippen LogP contribution in [0.4, 0.5) is 5.69 Å². The first-order chi connectivity index (χ1) is 14.9. The maximum atomic E-state index is 12.3. The van der Waals surface area contributed by atoms with Crippen molar-refractivity contribution in [1.82, 2.24) is 5.32 Å². The zero-order valence-electron chi connectivity index (χ0n) is 20.1. The van der Waals surface area contributed by atoms with Crippen LogP contribution in [0.2, 0.25) is 0 Å². The lowest BCUT2D eigenvalue weighted by Gasteiger charge is -2.24. The second-order valence-electron chi connectivity index (χ2n) is 9.17. The average Bonchev–Trinajstić information content (AvgIpc) is 2.69. The number of hydrogen-bond donors (Lipinski definition) is 1. The van der Waals surface area contributed by atoms with Crippen molar-refractivity contribution in [3.05, 3.63) is 59.2 Å². The summed E-state index contributed by atoms with van der Waals surface area (Å²) in [5, 5.41) is 2.85. The van der Waals surface area contributed by atoms with Gasteiger partial charge in [-0.2, -0.15) is 0 Å². The number of anilines is 1. The van der Waals surface area contributed by atoms with Crippen LogP contribution in [0.15, 0.2) is 42.5 Å². The Labute approximate surface area is 193 Å². The van der Waals surface area contributed by atoms with E-state index in [9.17, 15) is 13.2 Å². The molecule has 1 N–H and O–H groups in total. The fourth-order valence-electron chi connectivity index (χ4n) is 3.49. The molecule has 1 amide bonds. The molecule has 2 aromatic carbocycles. The zero-order valence-corrected chi connectivity index (χ0v) is 20.9. The van der Waals surface area contributed by atoms with Gasteiger partial charge in [-0.05, 0) is 54.5 Å². The third-order valence-corrected chi connectivity index (χ3v) is 6.36. The van der Waals surface area contributed by atoms with Gasteiger partial charge in [-0.25, -0.2) is 8.42 Å². The lowest BCUT2D eigenvalue weighted by atomic mass is 9.86. The van der Waals surface area contributed by atoms with E-state index in [1.165, 1.54) is 10.6 Å². The third-order valence-electron chi connectivity index (χ3n) is 5.18. The summed E-state index contributed by atoms with van der Waals surface area (Å²) >= 11 is 0. The Morgan fingerprint density at radius 1 is 1.09 bits per heavy atom. The van der Waals surface area contributed by atoms with Crippen molar-refractivity contribution in [3.8, 4) is 5.75 Å². The van der Waals surface area contributed by atoms with Gasteiger partial charge in [0.2, 0.25) is 15.9 Å². The van der Waals surface area contributed by atoms with Crippen molar-refractivity contribution >= 4 is 21.6 Å². The summed E-state index contributed by atoms with van der Waals surface area (Å²) in [5.74, 6) is 0.707. The fourth-order valence-corrected chi connectivity index (χ4v) is 4.50. The predicted octanol–water partition coefficient (Wildman–Crippen LogP) is 4.34. The first-order valence-corrected chi connectivity index (χ1v) is 12.8. The molecular formula is C25H36N2O4S. The first-order valence-electron chi connectivity index (χ1n) is 10.9. The van der Waals surface area contributed by atoms with Gasteiger partial charge in [-0.15, -0.1) is 0 Å². The highest BCUT2D eigenvalue weighted by molar-refractivity contribution is 7.92. The zero-order chi connectivity index (χ0) is 23.9. The molecule has 0 radical (unpaired) electrons. The monoisotopic (exact) mass is 460 g/mol. The van der Waals surface area contributed by atoms with Gasteiger partial charge in [-0.3, -0.25) is 9.10 Å². The van der Waals surface area contributed by atoms with E-state index in [2.05, 4.69) is 32.2 Å². The molecule has 2 rings (SSSR count). The van der Waals surface area contributed by atoms with Crippen molar-refractivity contribution in [2.75, 3.05) is 30.3 Å². The van der Waals surface area contributed by atoms with Crippen LogP contribution in [-0.4, -0.2) is 40.3 Å². The average molecular weight is 461 g/mol. The molecule has 0 unspecified atom stereocenters. The Morgan fingerprint density at radius 3 is 2.44 bits per heavy atom. The SMILES string of the molecule is Cc1ccc(C)c(N(CCCC(=O)NCCOc2ccccc2C(C)(C)C)S(C)(=O)=O)c1. The van der Waals surface area contributed by atoms with E-state index < -0.39 is 10.0 Å². The number of sulfonamides is 1. The molecule has 0 aliphatic carbocycles. The van der Waals surface area contributed by atoms with Gasteiger partial charge in [0.15, 0.2) is 0 Å². The van der Waals surface area contributed by atoms with Gasteiger partial charge >= 0.3 is 0 Å². The Kier molecular flexibility index (Phi) is 8.73. The van der Waals surface area contributed by atoms with Crippen molar-refractivity contribution in [2.24, 2.45) is 0 Å². The third kappa shape index (κ3) is 7.55. The van der Waals surface area contributed by atoms with Crippen molar-refractivity contribution < 1.29 is 17.9 Å². The van der Waals surface area contributed by atoms with E-state index in [-0.39, 0.29) is 24.3 Å². The molecule has 176 valence electrons. The number of amides is 1. The van der Waals surface area contributed by atoms with Crippen LogP contribution >= 0.6 is 0 Å². The van der Waals surface area contributed by atoms with Crippen LogP contribution in [0.1, 0.15) is 50.3 Å². The molecule has 0 heterocycles. The summed E-state index contributed by atoms with van der Waals surface area (Å²) in [4.78, 5) is 12.2. The summed E-state index contributed by atoms with van der Waals surface area (Å²) in [6.07, 6.45) is 1.87. The lowest BCUT2D eigenvalue weighted by Crippen LogP contribution is -2.33. The minimum Gasteiger partial charge on any atom is -0.491 e. The van der Waals surface area contributed by atoms with Gasteiger partial charge in [0.1, 0.15) is 12.4 Å². The molecule has 0 saturated carbocycles. The Hall–Kier alpha value is -2.54. The van der Waals surface area contributed by atoms with E-state index in [0.29, 0.717) is 25.3 Å². The van der Waals surface area contributed by atoms with Crippen LogP contribution < -0.4 is 14.4 Å². The van der Waals surface area contributed by atoms with Gasteiger partial charge in [0.25, 0.3) is 0 Å². The van der Waals surface area contributed by atoms with Crippen LogP contribution in [0.25, 0.3) is 0 Å². The number of para-hydroxylation sites is 1. The minimum absolute atomic E-state index is 0.0268. The number of carbonyl (C=O) groups excluding carboxylic acids is 1. The topological polar surface area (TPSA) is 75.7 Å². The number of carbonyl (C=O) groups is 1. The van der Waals surface area contributed by atoms with E-state index in [1.54, 1.807) is 0 Å². The van der Waals surface area contributed by atoms with Crippen molar-refractivity contribution in [2.45, 2.75) is 52.9 Å². The molecule has 0 fully saturated rings. The number of nitrogens with one attached hydrogen (secondary N) is 1. The maximum Gasteiger partial charge on any atom is 0.232 e. The molecule has 6 nitrogen and oxygen atoms in total. The number of benzene rings is 2. The summed E-state index contributed by atoms with van der Waals surface area (Å²) in [7, 11) is -3.44. The molecule has 0 saturated heterocycles. The molecule has 0 spiro atoms. The predicted molar refractivity (Wildman–Crippen MR) is 131 cm³/mol. The molecule has 7 heteroatoms. The molecule has 0 aromatic heterocycles. The van der Waals surface area contributed by atoms with Crippen molar-refractivity contribution in [3.63, 3.8) is 0 Å². The Morgan fingerprint density at radius 2 is 1.78 bits per heavy atom. The van der Waals surface area contributed by atoms with E-state index in [4.69, 9.17) is 4.74 Å². The number of nitrogens with zero attached hydrogens (tertiary/aromatic N) is 1. The molecule has 0 aliphatic heterocycles. The summed E-state index contributed by atoms with van der Waals surface area (Å²) in [6.45, 7) is 11.2. The highest BCUT2D eigenvalue weighted by atomic mass is 32.2. The molecular weight excluding hydrogens is 424 g/mol. The minimum atomic E-state index is -3.44. The number of aryl methyl sites for hydroxylation is 2.